The number of halogens is 2. The van der Waals surface area contributed by atoms with Gasteiger partial charge in [0.15, 0.2) is 0 Å². The molecular formula is C24H20Cl2N2O3. The van der Waals surface area contributed by atoms with Gasteiger partial charge in [-0.15, -0.1) is 0 Å². The van der Waals surface area contributed by atoms with Crippen molar-refractivity contribution in [2.75, 3.05) is 11.4 Å². The van der Waals surface area contributed by atoms with Crippen molar-refractivity contribution in [2.24, 2.45) is 5.73 Å². The topological polar surface area (TPSA) is 72.6 Å². The molecule has 1 unspecified atom stereocenters. The fourth-order valence-electron chi connectivity index (χ4n) is 3.73. The highest BCUT2D eigenvalue weighted by Crippen LogP contribution is 2.40. The third kappa shape index (κ3) is 4.53. The summed E-state index contributed by atoms with van der Waals surface area (Å²) in [5.74, 6) is 0.549. The van der Waals surface area contributed by atoms with Gasteiger partial charge >= 0.3 is 0 Å². The van der Waals surface area contributed by atoms with Crippen LogP contribution in [0.15, 0.2) is 60.7 Å². The van der Waals surface area contributed by atoms with Crippen LogP contribution in [0.2, 0.25) is 10.0 Å². The molecule has 0 spiro atoms. The molecule has 1 aliphatic rings. The van der Waals surface area contributed by atoms with Crippen molar-refractivity contribution >= 4 is 40.7 Å². The predicted molar refractivity (Wildman–Crippen MR) is 122 cm³/mol. The van der Waals surface area contributed by atoms with Crippen molar-refractivity contribution in [2.45, 2.75) is 19.3 Å². The Morgan fingerprint density at radius 1 is 1.03 bits per heavy atom. The van der Waals surface area contributed by atoms with Crippen LogP contribution < -0.4 is 15.4 Å². The smallest absolute Gasteiger partial charge is 0.248 e. The van der Waals surface area contributed by atoms with Crippen LogP contribution in [-0.2, 0) is 4.79 Å². The Hall–Kier alpha value is -3.02. The molecule has 31 heavy (non-hydrogen) atoms. The summed E-state index contributed by atoms with van der Waals surface area (Å²) in [6.45, 7) is 2.38. The lowest BCUT2D eigenvalue weighted by Crippen LogP contribution is -2.24. The number of ether oxygens (including phenoxy) is 1. The standard InChI is InChI=1S/C24H20Cl2N2O3/c1-14-5-6-17(25)11-21(14)31-22-12-18(26)7-8-20(22)16-10-23(29)28(13-16)19-4-2-3-15(9-19)24(27)30/h2-9,11-12,16H,10,13H2,1H3,(H2,27,30). The summed E-state index contributed by atoms with van der Waals surface area (Å²) >= 11 is 12.4. The number of anilines is 1. The summed E-state index contributed by atoms with van der Waals surface area (Å²) in [7, 11) is 0. The van der Waals surface area contributed by atoms with E-state index in [9.17, 15) is 9.59 Å². The summed E-state index contributed by atoms with van der Waals surface area (Å²) in [6.07, 6.45) is 0.313. The van der Waals surface area contributed by atoms with E-state index >= 15 is 0 Å². The van der Waals surface area contributed by atoms with Crippen LogP contribution in [0.4, 0.5) is 5.69 Å². The summed E-state index contributed by atoms with van der Waals surface area (Å²) in [5, 5.41) is 1.11. The van der Waals surface area contributed by atoms with Crippen molar-refractivity contribution in [3.63, 3.8) is 0 Å². The molecule has 1 heterocycles. The van der Waals surface area contributed by atoms with E-state index in [0.717, 1.165) is 11.1 Å². The number of amides is 2. The molecule has 1 saturated heterocycles. The minimum absolute atomic E-state index is 0.0357. The SMILES string of the molecule is Cc1ccc(Cl)cc1Oc1cc(Cl)ccc1C1CC(=O)N(c2cccc(C(N)=O)c2)C1. The number of hydrogen-bond acceptors (Lipinski definition) is 3. The minimum Gasteiger partial charge on any atom is -0.457 e. The number of carbonyl (C=O) groups excluding carboxylic acids is 2. The first-order chi connectivity index (χ1) is 14.8. The summed E-state index contributed by atoms with van der Waals surface area (Å²) in [5.41, 5.74) is 8.20. The first-order valence-electron chi connectivity index (χ1n) is 9.75. The number of nitrogens with zero attached hydrogens (tertiary/aromatic N) is 1. The predicted octanol–water partition coefficient (Wildman–Crippen LogP) is 5.71. The molecule has 3 aromatic rings. The third-order valence-electron chi connectivity index (χ3n) is 5.35. The Bertz CT molecular complexity index is 1180. The molecular weight excluding hydrogens is 435 g/mol. The average Bonchev–Trinajstić information content (AvgIpc) is 3.12. The normalized spacial score (nSPS) is 15.9. The van der Waals surface area contributed by atoms with Gasteiger partial charge in [0.1, 0.15) is 11.5 Å². The van der Waals surface area contributed by atoms with E-state index in [1.165, 1.54) is 0 Å². The van der Waals surface area contributed by atoms with Crippen LogP contribution in [0.5, 0.6) is 11.5 Å². The maximum Gasteiger partial charge on any atom is 0.248 e. The first-order valence-corrected chi connectivity index (χ1v) is 10.5. The molecule has 1 atom stereocenters. The molecule has 2 amide bonds. The highest BCUT2D eigenvalue weighted by Gasteiger charge is 2.33. The summed E-state index contributed by atoms with van der Waals surface area (Å²) < 4.78 is 6.18. The van der Waals surface area contributed by atoms with Crippen LogP contribution in [0.25, 0.3) is 0 Å². The summed E-state index contributed by atoms with van der Waals surface area (Å²) in [4.78, 5) is 26.0. The number of benzene rings is 3. The van der Waals surface area contributed by atoms with E-state index in [4.69, 9.17) is 33.7 Å². The molecule has 2 N–H and O–H groups in total. The van der Waals surface area contributed by atoms with Crippen LogP contribution >= 0.6 is 23.2 Å². The second-order valence-corrected chi connectivity index (χ2v) is 8.39. The average molecular weight is 455 g/mol. The molecule has 0 saturated carbocycles. The fraction of sp³-hybridized carbons (Fsp3) is 0.167. The van der Waals surface area contributed by atoms with E-state index in [-0.39, 0.29) is 11.8 Å². The number of nitrogens with two attached hydrogens (primary N) is 1. The largest absolute Gasteiger partial charge is 0.457 e. The van der Waals surface area contributed by atoms with Crippen molar-refractivity contribution in [3.8, 4) is 11.5 Å². The van der Waals surface area contributed by atoms with E-state index in [0.29, 0.717) is 45.8 Å². The van der Waals surface area contributed by atoms with Crippen LogP contribution in [0.1, 0.15) is 33.8 Å². The molecule has 4 rings (SSSR count). The first kappa shape index (κ1) is 21.2. The van der Waals surface area contributed by atoms with E-state index < -0.39 is 5.91 Å². The van der Waals surface area contributed by atoms with Crippen LogP contribution in [-0.4, -0.2) is 18.4 Å². The van der Waals surface area contributed by atoms with Gasteiger partial charge in [-0.2, -0.15) is 0 Å². The third-order valence-corrected chi connectivity index (χ3v) is 5.82. The van der Waals surface area contributed by atoms with Gasteiger partial charge in [0.2, 0.25) is 11.8 Å². The molecule has 0 radical (unpaired) electrons. The fourth-order valence-corrected chi connectivity index (χ4v) is 4.05. The Balaban J connectivity index is 1.65. The molecule has 1 fully saturated rings. The zero-order valence-electron chi connectivity index (χ0n) is 16.8. The van der Waals surface area contributed by atoms with Gasteiger partial charge in [-0.05, 0) is 55.0 Å². The Morgan fingerprint density at radius 3 is 2.48 bits per heavy atom. The maximum absolute atomic E-state index is 12.8. The molecule has 5 nitrogen and oxygen atoms in total. The number of aryl methyl sites for hydroxylation is 1. The second-order valence-electron chi connectivity index (χ2n) is 7.51. The zero-order chi connectivity index (χ0) is 22.1. The molecule has 3 aromatic carbocycles. The van der Waals surface area contributed by atoms with E-state index in [2.05, 4.69) is 0 Å². The molecule has 158 valence electrons. The van der Waals surface area contributed by atoms with E-state index in [1.807, 2.05) is 19.1 Å². The van der Waals surface area contributed by atoms with Crippen molar-refractivity contribution in [1.82, 2.24) is 0 Å². The van der Waals surface area contributed by atoms with Gasteiger partial charge in [-0.25, -0.2) is 0 Å². The molecule has 0 aliphatic carbocycles. The van der Waals surface area contributed by atoms with E-state index in [1.54, 1.807) is 53.4 Å². The van der Waals surface area contributed by atoms with Gasteiger partial charge in [0.25, 0.3) is 0 Å². The van der Waals surface area contributed by atoms with Crippen molar-refractivity contribution in [1.29, 1.82) is 0 Å². The van der Waals surface area contributed by atoms with Crippen molar-refractivity contribution < 1.29 is 14.3 Å². The van der Waals surface area contributed by atoms with Gasteiger partial charge in [0.05, 0.1) is 0 Å². The van der Waals surface area contributed by atoms with Gasteiger partial charge in [-0.1, -0.05) is 41.4 Å². The monoisotopic (exact) mass is 454 g/mol. The molecule has 1 aliphatic heterocycles. The Labute approximate surface area is 190 Å². The molecule has 7 heteroatoms. The van der Waals surface area contributed by atoms with Gasteiger partial charge < -0.3 is 15.4 Å². The number of rotatable bonds is 5. The summed E-state index contributed by atoms with van der Waals surface area (Å²) in [6, 6.07) is 17.6. The molecule has 0 bridgehead atoms. The lowest BCUT2D eigenvalue weighted by Gasteiger charge is -2.19. The van der Waals surface area contributed by atoms with Crippen molar-refractivity contribution in [3.05, 3.63) is 87.4 Å². The second kappa shape index (κ2) is 8.61. The lowest BCUT2D eigenvalue weighted by molar-refractivity contribution is -0.117. The quantitative estimate of drug-likeness (QED) is 0.536. The lowest BCUT2D eigenvalue weighted by atomic mass is 9.97. The molecule has 0 aromatic heterocycles. The number of primary amides is 1. The minimum atomic E-state index is -0.532. The Morgan fingerprint density at radius 2 is 1.74 bits per heavy atom. The maximum atomic E-state index is 12.8. The zero-order valence-corrected chi connectivity index (χ0v) is 18.3. The highest BCUT2D eigenvalue weighted by atomic mass is 35.5. The van der Waals surface area contributed by atoms with Gasteiger partial charge in [0, 0.05) is 45.7 Å². The number of carbonyl (C=O) groups is 2. The van der Waals surface area contributed by atoms with Gasteiger partial charge in [-0.3, -0.25) is 9.59 Å². The highest BCUT2D eigenvalue weighted by molar-refractivity contribution is 6.31. The van der Waals surface area contributed by atoms with Crippen LogP contribution in [0, 0.1) is 6.92 Å². The van der Waals surface area contributed by atoms with Crippen LogP contribution in [0.3, 0.4) is 0 Å². The Kier molecular flexibility index (Phi) is 5.90. The number of hydrogen-bond donors (Lipinski definition) is 1.